The van der Waals surface area contributed by atoms with E-state index in [1.807, 2.05) is 45.0 Å². The van der Waals surface area contributed by atoms with Gasteiger partial charge in [0.25, 0.3) is 0 Å². The Morgan fingerprint density at radius 3 is 2.45 bits per heavy atom. The molecule has 1 heterocycles. The van der Waals surface area contributed by atoms with Gasteiger partial charge in [-0.2, -0.15) is 0 Å². The molecule has 1 atom stereocenters. The average molecular weight is 396 g/mol. The SMILES string of the molecule is CC(=O)CC1CN(Cc2ccccc2)c2cc(N(C(=O)O)C(C)(C)C)ccc2O1. The molecule has 29 heavy (non-hydrogen) atoms. The summed E-state index contributed by atoms with van der Waals surface area (Å²) in [7, 11) is 0. The molecular formula is C23H28N2O4. The van der Waals surface area contributed by atoms with Gasteiger partial charge < -0.3 is 14.7 Å². The maximum absolute atomic E-state index is 11.9. The molecule has 1 aliphatic heterocycles. The van der Waals surface area contributed by atoms with Crippen molar-refractivity contribution in [2.24, 2.45) is 0 Å². The van der Waals surface area contributed by atoms with Crippen LogP contribution in [0.15, 0.2) is 48.5 Å². The molecule has 1 aliphatic rings. The van der Waals surface area contributed by atoms with Crippen LogP contribution in [0.1, 0.15) is 39.7 Å². The highest BCUT2D eigenvalue weighted by atomic mass is 16.5. The Balaban J connectivity index is 2.00. The van der Waals surface area contributed by atoms with E-state index < -0.39 is 11.6 Å². The van der Waals surface area contributed by atoms with Gasteiger partial charge in [-0.05, 0) is 51.5 Å². The Kier molecular flexibility index (Phi) is 5.82. The third-order valence-corrected chi connectivity index (χ3v) is 4.85. The van der Waals surface area contributed by atoms with Crippen molar-refractivity contribution < 1.29 is 19.4 Å². The smallest absolute Gasteiger partial charge is 0.412 e. The standard InChI is InChI=1S/C23H28N2O4/c1-16(26)12-19-15-24(14-17-8-6-5-7-9-17)20-13-18(10-11-21(20)29-19)25(22(27)28)23(2,3)4/h5-11,13,19H,12,14-15H2,1-4H3,(H,27,28). The maximum Gasteiger partial charge on any atom is 0.412 e. The quantitative estimate of drug-likeness (QED) is 0.792. The van der Waals surface area contributed by atoms with Crippen molar-refractivity contribution >= 4 is 23.3 Å². The highest BCUT2D eigenvalue weighted by molar-refractivity contribution is 5.89. The molecule has 6 heteroatoms. The fourth-order valence-corrected chi connectivity index (χ4v) is 3.72. The number of carbonyl (C=O) groups excluding carboxylic acids is 1. The largest absolute Gasteiger partial charge is 0.486 e. The van der Waals surface area contributed by atoms with Gasteiger partial charge in [0.15, 0.2) is 0 Å². The van der Waals surface area contributed by atoms with Crippen LogP contribution in [0.4, 0.5) is 16.2 Å². The molecule has 2 aromatic carbocycles. The highest BCUT2D eigenvalue weighted by Crippen LogP contribution is 2.39. The van der Waals surface area contributed by atoms with E-state index in [9.17, 15) is 14.7 Å². The number of fused-ring (bicyclic) bond motifs is 1. The Labute approximate surface area is 171 Å². The number of anilines is 2. The Bertz CT molecular complexity index is 889. The van der Waals surface area contributed by atoms with E-state index in [4.69, 9.17) is 4.74 Å². The number of ether oxygens (including phenoxy) is 1. The topological polar surface area (TPSA) is 70.1 Å². The molecule has 0 spiro atoms. The summed E-state index contributed by atoms with van der Waals surface area (Å²) in [5.74, 6) is 0.751. The molecule has 1 unspecified atom stereocenters. The van der Waals surface area contributed by atoms with E-state index in [-0.39, 0.29) is 11.9 Å². The van der Waals surface area contributed by atoms with Crippen molar-refractivity contribution in [1.82, 2.24) is 0 Å². The fourth-order valence-electron chi connectivity index (χ4n) is 3.72. The van der Waals surface area contributed by atoms with Crippen LogP contribution in [-0.4, -0.2) is 35.2 Å². The van der Waals surface area contributed by atoms with Crippen molar-refractivity contribution in [1.29, 1.82) is 0 Å². The summed E-state index contributed by atoms with van der Waals surface area (Å²) in [6, 6.07) is 15.5. The van der Waals surface area contributed by atoms with E-state index in [2.05, 4.69) is 17.0 Å². The summed E-state index contributed by atoms with van der Waals surface area (Å²) in [5.41, 5.74) is 1.98. The van der Waals surface area contributed by atoms with Crippen LogP contribution in [0.25, 0.3) is 0 Å². The zero-order chi connectivity index (χ0) is 21.2. The second-order valence-corrected chi connectivity index (χ2v) is 8.45. The summed E-state index contributed by atoms with van der Waals surface area (Å²) < 4.78 is 6.06. The van der Waals surface area contributed by atoms with Crippen LogP contribution in [0.3, 0.4) is 0 Å². The summed E-state index contributed by atoms with van der Waals surface area (Å²) in [5, 5.41) is 9.75. The minimum atomic E-state index is -1.00. The van der Waals surface area contributed by atoms with Crippen LogP contribution in [0.2, 0.25) is 0 Å². The van der Waals surface area contributed by atoms with Gasteiger partial charge in [-0.25, -0.2) is 4.79 Å². The summed E-state index contributed by atoms with van der Waals surface area (Å²) in [4.78, 5) is 27.1. The number of rotatable bonds is 5. The minimum absolute atomic E-state index is 0.0829. The second kappa shape index (κ2) is 8.15. The van der Waals surface area contributed by atoms with E-state index in [1.165, 1.54) is 4.90 Å². The van der Waals surface area contributed by atoms with Crippen LogP contribution in [0.5, 0.6) is 5.75 Å². The van der Waals surface area contributed by atoms with E-state index in [0.29, 0.717) is 30.9 Å². The molecule has 0 saturated carbocycles. The molecule has 0 saturated heterocycles. The first kappa shape index (κ1) is 20.7. The van der Waals surface area contributed by atoms with Gasteiger partial charge in [0.2, 0.25) is 0 Å². The molecule has 154 valence electrons. The first-order valence-electron chi connectivity index (χ1n) is 9.77. The van der Waals surface area contributed by atoms with Crippen molar-refractivity contribution in [2.45, 2.75) is 52.3 Å². The molecule has 2 aromatic rings. The third kappa shape index (κ3) is 4.88. The molecule has 0 bridgehead atoms. The number of amides is 1. The number of ketones is 1. The molecule has 1 N–H and O–H groups in total. The molecule has 0 aliphatic carbocycles. The Morgan fingerprint density at radius 2 is 1.86 bits per heavy atom. The van der Waals surface area contributed by atoms with Gasteiger partial charge in [-0.15, -0.1) is 0 Å². The lowest BCUT2D eigenvalue weighted by atomic mass is 10.0. The molecule has 0 radical (unpaired) electrons. The number of Topliss-reactive ketones (excluding diaryl/α,β-unsaturated/α-hetero) is 1. The average Bonchev–Trinajstić information content (AvgIpc) is 2.61. The summed E-state index contributed by atoms with van der Waals surface area (Å²) >= 11 is 0. The predicted molar refractivity (Wildman–Crippen MR) is 114 cm³/mol. The molecule has 3 rings (SSSR count). The van der Waals surface area contributed by atoms with E-state index >= 15 is 0 Å². The van der Waals surface area contributed by atoms with Crippen LogP contribution >= 0.6 is 0 Å². The fraction of sp³-hybridized carbons (Fsp3) is 0.391. The number of benzene rings is 2. The monoisotopic (exact) mass is 396 g/mol. The van der Waals surface area contributed by atoms with Gasteiger partial charge in [0.05, 0.1) is 12.2 Å². The van der Waals surface area contributed by atoms with Crippen molar-refractivity contribution in [3.63, 3.8) is 0 Å². The van der Waals surface area contributed by atoms with Crippen molar-refractivity contribution in [2.75, 3.05) is 16.3 Å². The Morgan fingerprint density at radius 1 is 1.17 bits per heavy atom. The lowest BCUT2D eigenvalue weighted by molar-refractivity contribution is -0.118. The first-order chi connectivity index (χ1) is 13.6. The number of hydrogen-bond acceptors (Lipinski definition) is 4. The normalized spacial score (nSPS) is 16.0. The van der Waals surface area contributed by atoms with Crippen LogP contribution < -0.4 is 14.5 Å². The van der Waals surface area contributed by atoms with Crippen LogP contribution in [-0.2, 0) is 11.3 Å². The molecule has 6 nitrogen and oxygen atoms in total. The molecule has 1 amide bonds. The minimum Gasteiger partial charge on any atom is -0.486 e. The zero-order valence-electron chi connectivity index (χ0n) is 17.4. The lowest BCUT2D eigenvalue weighted by Crippen LogP contribution is -2.45. The zero-order valence-corrected chi connectivity index (χ0v) is 17.4. The second-order valence-electron chi connectivity index (χ2n) is 8.45. The predicted octanol–water partition coefficient (Wildman–Crippen LogP) is 4.72. The summed E-state index contributed by atoms with van der Waals surface area (Å²) in [6.45, 7) is 8.37. The van der Waals surface area contributed by atoms with Gasteiger partial charge in [0.1, 0.15) is 17.6 Å². The van der Waals surface area contributed by atoms with Crippen molar-refractivity contribution in [3.8, 4) is 5.75 Å². The number of carbonyl (C=O) groups is 2. The summed E-state index contributed by atoms with van der Waals surface area (Å²) in [6.07, 6.45) is -0.888. The van der Waals surface area contributed by atoms with E-state index in [0.717, 1.165) is 11.3 Å². The molecule has 0 fully saturated rings. The van der Waals surface area contributed by atoms with Gasteiger partial charge in [-0.1, -0.05) is 30.3 Å². The van der Waals surface area contributed by atoms with Crippen LogP contribution in [0, 0.1) is 0 Å². The first-order valence-corrected chi connectivity index (χ1v) is 9.77. The van der Waals surface area contributed by atoms with Gasteiger partial charge in [0, 0.05) is 24.2 Å². The third-order valence-electron chi connectivity index (χ3n) is 4.85. The highest BCUT2D eigenvalue weighted by Gasteiger charge is 2.31. The Hall–Kier alpha value is -3.02. The molecular weight excluding hydrogens is 368 g/mol. The van der Waals surface area contributed by atoms with E-state index in [1.54, 1.807) is 19.1 Å². The number of carboxylic acid groups (broad SMARTS) is 1. The number of nitrogens with zero attached hydrogens (tertiary/aromatic N) is 2. The van der Waals surface area contributed by atoms with Gasteiger partial charge in [-0.3, -0.25) is 9.69 Å². The van der Waals surface area contributed by atoms with Crippen molar-refractivity contribution in [3.05, 3.63) is 54.1 Å². The number of hydrogen-bond donors (Lipinski definition) is 1. The molecule has 0 aromatic heterocycles. The lowest BCUT2D eigenvalue weighted by Gasteiger charge is -2.38. The van der Waals surface area contributed by atoms with Gasteiger partial charge >= 0.3 is 6.09 Å². The maximum atomic E-state index is 11.9.